The van der Waals surface area contributed by atoms with Crippen LogP contribution >= 0.6 is 0 Å². The van der Waals surface area contributed by atoms with Gasteiger partial charge in [-0.05, 0) is 60.7 Å². The van der Waals surface area contributed by atoms with Gasteiger partial charge in [0.15, 0.2) is 29.0 Å². The minimum Gasteiger partial charge on any atom is -0.508 e. The highest BCUT2D eigenvalue weighted by Gasteiger charge is 2.67. The Morgan fingerprint density at radius 3 is 2.50 bits per heavy atom. The lowest BCUT2D eigenvalue weighted by Gasteiger charge is -2.51. The van der Waals surface area contributed by atoms with Crippen molar-refractivity contribution < 1.29 is 49.0 Å². The van der Waals surface area contributed by atoms with Crippen molar-refractivity contribution in [3.05, 3.63) is 101 Å². The van der Waals surface area contributed by atoms with Crippen molar-refractivity contribution in [3.8, 4) is 22.6 Å². The van der Waals surface area contributed by atoms with Crippen LogP contribution in [0.5, 0.6) is 11.5 Å². The molecule has 1 fully saturated rings. The van der Waals surface area contributed by atoms with Gasteiger partial charge in [-0.25, -0.2) is 4.79 Å². The van der Waals surface area contributed by atoms with Gasteiger partial charge in [0, 0.05) is 12.6 Å². The fourth-order valence-electron chi connectivity index (χ4n) is 5.60. The fourth-order valence-corrected chi connectivity index (χ4v) is 5.60. The number of nitrogens with one attached hydrogen (secondary N) is 1. The first-order chi connectivity index (χ1) is 23.0. The molecule has 12 heteroatoms. The second-order valence-electron chi connectivity index (χ2n) is 12.0. The van der Waals surface area contributed by atoms with Crippen LogP contribution in [0.25, 0.3) is 28.2 Å². The first-order valence-electron chi connectivity index (χ1n) is 15.4. The number of carbonyl (C=O) groups is 2. The van der Waals surface area contributed by atoms with E-state index in [1.54, 1.807) is 12.1 Å². The van der Waals surface area contributed by atoms with Crippen molar-refractivity contribution >= 4 is 29.3 Å². The van der Waals surface area contributed by atoms with Crippen molar-refractivity contribution in [1.29, 1.82) is 0 Å². The number of carbonyl (C=O) groups excluding carboxylic acids is 1. The molecule has 1 aliphatic rings. The molecule has 0 aliphatic carbocycles. The number of benzene rings is 3. The summed E-state index contributed by atoms with van der Waals surface area (Å²) in [5.74, 6) is -1.50. The molecule has 0 unspecified atom stereocenters. The minimum absolute atomic E-state index is 0.0338. The number of aliphatic carboxylic acids is 1. The highest BCUT2D eigenvalue weighted by Crippen LogP contribution is 2.39. The van der Waals surface area contributed by atoms with Gasteiger partial charge in [0.1, 0.15) is 29.4 Å². The van der Waals surface area contributed by atoms with E-state index in [9.17, 15) is 39.9 Å². The topological polar surface area (TPSA) is 196 Å². The second kappa shape index (κ2) is 14.5. The van der Waals surface area contributed by atoms with Crippen LogP contribution in [-0.4, -0.2) is 80.6 Å². The SMILES string of the molecule is C[C@@H](C/C=C/c1ccccc1)CCNC[C@]1(O)[C@H](Oc2ccc3c(=O)c(-c4ccc(O)cc4)coc3c2)O[C@H](C(=O)O)[C@@H](O)[C@@]1(O)C=O. The quantitative estimate of drug-likeness (QED) is 0.0908. The summed E-state index contributed by atoms with van der Waals surface area (Å²) in [7, 11) is 0. The molecule has 1 aromatic heterocycles. The van der Waals surface area contributed by atoms with Crippen LogP contribution in [0.2, 0.25) is 0 Å². The summed E-state index contributed by atoms with van der Waals surface area (Å²) in [5.41, 5.74) is -4.16. The molecule has 0 radical (unpaired) electrons. The van der Waals surface area contributed by atoms with Gasteiger partial charge < -0.3 is 44.7 Å². The van der Waals surface area contributed by atoms with Crippen molar-refractivity contribution in [2.24, 2.45) is 5.92 Å². The molecule has 6 N–H and O–H groups in total. The van der Waals surface area contributed by atoms with Crippen molar-refractivity contribution in [2.75, 3.05) is 13.1 Å². The van der Waals surface area contributed by atoms with E-state index in [0.29, 0.717) is 18.5 Å². The van der Waals surface area contributed by atoms with Gasteiger partial charge in [-0.2, -0.15) is 0 Å². The second-order valence-corrected chi connectivity index (χ2v) is 12.0. The third-order valence-corrected chi connectivity index (χ3v) is 8.54. The zero-order valence-electron chi connectivity index (χ0n) is 26.1. The number of hydrogen-bond donors (Lipinski definition) is 6. The Bertz CT molecular complexity index is 1820. The van der Waals surface area contributed by atoms with Crippen LogP contribution in [0, 0.1) is 5.92 Å². The maximum atomic E-state index is 13.2. The minimum atomic E-state index is -3.02. The number of aliphatic hydroxyl groups excluding tert-OH is 1. The fraction of sp³-hybridized carbons (Fsp3) is 0.306. The lowest BCUT2D eigenvalue weighted by atomic mass is 9.74. The lowest BCUT2D eigenvalue weighted by Crippen LogP contribution is -2.79. The molecule has 1 aliphatic heterocycles. The Labute approximate surface area is 275 Å². The van der Waals surface area contributed by atoms with Crippen LogP contribution in [0.1, 0.15) is 25.3 Å². The van der Waals surface area contributed by atoms with Crippen LogP contribution in [0.4, 0.5) is 0 Å². The number of hydrogen-bond acceptors (Lipinski definition) is 11. The molecule has 0 saturated carbocycles. The Kier molecular flexibility index (Phi) is 10.4. The summed E-state index contributed by atoms with van der Waals surface area (Å²) < 4.78 is 17.0. The molecule has 48 heavy (non-hydrogen) atoms. The number of phenolic OH excluding ortho intramolecular Hbond substituents is 1. The number of rotatable bonds is 13. The number of ether oxygens (including phenoxy) is 2. The highest BCUT2D eigenvalue weighted by atomic mass is 16.7. The summed E-state index contributed by atoms with van der Waals surface area (Å²) in [4.78, 5) is 37.4. The molecule has 2 heterocycles. The molecule has 0 bridgehead atoms. The normalized spacial score (nSPS) is 24.8. The first kappa shape index (κ1) is 34.5. The maximum absolute atomic E-state index is 13.2. The number of carboxylic acids is 1. The molecule has 1 saturated heterocycles. The number of carboxylic acid groups (broad SMARTS) is 1. The monoisotopic (exact) mass is 659 g/mol. The third kappa shape index (κ3) is 7.03. The molecule has 252 valence electrons. The Morgan fingerprint density at radius 2 is 1.81 bits per heavy atom. The average molecular weight is 660 g/mol. The largest absolute Gasteiger partial charge is 0.508 e. The number of aromatic hydroxyl groups is 1. The third-order valence-electron chi connectivity index (χ3n) is 8.54. The van der Waals surface area contributed by atoms with Crippen LogP contribution in [0.3, 0.4) is 0 Å². The van der Waals surface area contributed by atoms with Gasteiger partial charge in [-0.1, -0.05) is 61.5 Å². The van der Waals surface area contributed by atoms with Gasteiger partial charge in [-0.3, -0.25) is 9.59 Å². The molecule has 12 nitrogen and oxygen atoms in total. The van der Waals surface area contributed by atoms with Crippen molar-refractivity contribution in [3.63, 3.8) is 0 Å². The van der Waals surface area contributed by atoms with Crippen molar-refractivity contribution in [1.82, 2.24) is 5.32 Å². The van der Waals surface area contributed by atoms with Crippen LogP contribution in [0.15, 0.2) is 94.3 Å². The molecular formula is C36H37NO11. The van der Waals surface area contributed by atoms with E-state index in [1.807, 2.05) is 43.3 Å². The number of fused-ring (bicyclic) bond motifs is 1. The molecule has 0 amide bonds. The summed E-state index contributed by atoms with van der Waals surface area (Å²) >= 11 is 0. The predicted octanol–water partition coefficient (Wildman–Crippen LogP) is 3.10. The van der Waals surface area contributed by atoms with Gasteiger partial charge in [0.05, 0.1) is 10.9 Å². The van der Waals surface area contributed by atoms with E-state index < -0.39 is 42.2 Å². The van der Waals surface area contributed by atoms with E-state index in [0.717, 1.165) is 12.0 Å². The Balaban J connectivity index is 1.34. The van der Waals surface area contributed by atoms with E-state index in [2.05, 4.69) is 11.4 Å². The first-order valence-corrected chi connectivity index (χ1v) is 15.4. The lowest BCUT2D eigenvalue weighted by molar-refractivity contribution is -0.334. The smallest absolute Gasteiger partial charge is 0.335 e. The van der Waals surface area contributed by atoms with Gasteiger partial charge in [0.2, 0.25) is 6.29 Å². The average Bonchev–Trinajstić information content (AvgIpc) is 3.08. The molecule has 6 atom stereocenters. The number of aliphatic hydroxyl groups is 3. The summed E-state index contributed by atoms with van der Waals surface area (Å²) in [6, 6.07) is 19.9. The maximum Gasteiger partial charge on any atom is 0.335 e. The number of aldehydes is 1. The summed E-state index contributed by atoms with van der Waals surface area (Å²) in [5, 5.41) is 56.2. The summed E-state index contributed by atoms with van der Waals surface area (Å²) in [6.45, 7) is 1.84. The zero-order valence-corrected chi connectivity index (χ0v) is 26.1. The molecule has 4 aromatic rings. The van der Waals surface area contributed by atoms with Crippen molar-refractivity contribution in [2.45, 2.75) is 49.5 Å². The van der Waals surface area contributed by atoms with E-state index in [4.69, 9.17) is 13.9 Å². The Morgan fingerprint density at radius 1 is 1.08 bits per heavy atom. The Hall–Kier alpha value is -4.85. The number of phenols is 1. The standard InChI is InChI=1S/C36H37NO11/c1-22(6-5-9-23-7-3-2-4-8-23)16-17-37-20-35(44)34(48-31(33(42)43)32(41)36(35,45)21-38)47-26-14-15-27-29(18-26)46-19-28(30(27)40)24-10-12-25(39)13-11-24/h2-5,7-15,18-19,21-22,31-32,34,37,39,41,44-45H,6,16-17,20H2,1H3,(H,42,43)/b9-5+/t22-,31-,32+,34+,35-,36-/m0/s1. The molecule has 3 aromatic carbocycles. The predicted molar refractivity (Wildman–Crippen MR) is 175 cm³/mol. The molecule has 5 rings (SSSR count). The van der Waals surface area contributed by atoms with E-state index >= 15 is 0 Å². The van der Waals surface area contributed by atoms with E-state index in [1.165, 1.54) is 36.6 Å². The van der Waals surface area contributed by atoms with Gasteiger partial charge >= 0.3 is 5.97 Å². The number of allylic oxidation sites excluding steroid dienone is 1. The van der Waals surface area contributed by atoms with Crippen LogP contribution in [-0.2, 0) is 14.3 Å². The highest BCUT2D eigenvalue weighted by molar-refractivity contribution is 5.83. The van der Waals surface area contributed by atoms with Gasteiger partial charge in [-0.15, -0.1) is 0 Å². The summed E-state index contributed by atoms with van der Waals surface area (Å²) in [6.07, 6.45) is 0.149. The van der Waals surface area contributed by atoms with Gasteiger partial charge in [0.25, 0.3) is 0 Å². The van der Waals surface area contributed by atoms with E-state index in [-0.39, 0.29) is 45.7 Å². The zero-order chi connectivity index (χ0) is 34.5. The van der Waals surface area contributed by atoms with Crippen LogP contribution < -0.4 is 15.5 Å². The molecular weight excluding hydrogens is 622 g/mol. The molecule has 0 spiro atoms.